The second-order valence-corrected chi connectivity index (χ2v) is 5.06. The van der Waals surface area contributed by atoms with Crippen LogP contribution in [-0.2, 0) is 4.79 Å². The molecule has 1 aliphatic heterocycles. The fraction of sp³-hybridized carbons (Fsp3) is 0.125. The molecular weight excluding hydrogens is 284 g/mol. The predicted molar refractivity (Wildman–Crippen MR) is 85.4 cm³/mol. The lowest BCUT2D eigenvalue weighted by Gasteiger charge is -2.23. The summed E-state index contributed by atoms with van der Waals surface area (Å²) in [5.41, 5.74) is 1.76. The molecule has 21 heavy (non-hydrogen) atoms. The molecule has 2 aromatic rings. The van der Waals surface area contributed by atoms with Crippen LogP contribution < -0.4 is 15.0 Å². The molecule has 1 atom stereocenters. The Balaban J connectivity index is 2.01. The second-order valence-electron chi connectivity index (χ2n) is 4.68. The van der Waals surface area contributed by atoms with Crippen molar-refractivity contribution in [2.75, 3.05) is 12.0 Å². The maximum Gasteiger partial charge on any atom is 0.253 e. The first-order chi connectivity index (χ1) is 10.2. The van der Waals surface area contributed by atoms with Gasteiger partial charge in [-0.2, -0.15) is 0 Å². The summed E-state index contributed by atoms with van der Waals surface area (Å²) in [6.45, 7) is 0. The normalized spacial score (nSPS) is 17.8. The van der Waals surface area contributed by atoms with Crippen LogP contribution in [0, 0.1) is 0 Å². The molecule has 1 N–H and O–H groups in total. The van der Waals surface area contributed by atoms with E-state index in [9.17, 15) is 4.79 Å². The molecule has 0 aliphatic carbocycles. The van der Waals surface area contributed by atoms with E-state index in [1.54, 1.807) is 7.11 Å². The third kappa shape index (κ3) is 2.48. The lowest BCUT2D eigenvalue weighted by molar-refractivity contribution is -0.119. The third-order valence-electron chi connectivity index (χ3n) is 3.42. The Bertz CT molecular complexity index is 670. The lowest BCUT2D eigenvalue weighted by atomic mass is 10.1. The zero-order valence-electron chi connectivity index (χ0n) is 11.4. The van der Waals surface area contributed by atoms with E-state index >= 15 is 0 Å². The Morgan fingerprint density at radius 1 is 1.10 bits per heavy atom. The molecule has 5 heteroatoms. The third-order valence-corrected chi connectivity index (χ3v) is 3.72. The van der Waals surface area contributed by atoms with Gasteiger partial charge in [-0.25, -0.2) is 0 Å². The van der Waals surface area contributed by atoms with Crippen LogP contribution in [0.1, 0.15) is 11.6 Å². The highest BCUT2D eigenvalue weighted by atomic mass is 32.1. The molecule has 3 rings (SSSR count). The zero-order chi connectivity index (χ0) is 14.8. The summed E-state index contributed by atoms with van der Waals surface area (Å²) in [7, 11) is 1.61. The van der Waals surface area contributed by atoms with Crippen molar-refractivity contribution in [2.24, 2.45) is 0 Å². The van der Waals surface area contributed by atoms with Gasteiger partial charge >= 0.3 is 0 Å². The largest absolute Gasteiger partial charge is 0.497 e. The SMILES string of the molecule is COc1ccc(C2C(=O)NC(=S)N2c2ccccc2)cc1. The fourth-order valence-electron chi connectivity index (χ4n) is 2.41. The number of nitrogens with zero attached hydrogens (tertiary/aromatic N) is 1. The summed E-state index contributed by atoms with van der Waals surface area (Å²) in [6.07, 6.45) is 0. The van der Waals surface area contributed by atoms with E-state index < -0.39 is 6.04 Å². The van der Waals surface area contributed by atoms with Crippen molar-refractivity contribution in [1.82, 2.24) is 5.32 Å². The Labute approximate surface area is 128 Å². The highest BCUT2D eigenvalue weighted by Crippen LogP contribution is 2.32. The van der Waals surface area contributed by atoms with Crippen molar-refractivity contribution in [3.8, 4) is 5.75 Å². The molecule has 0 bridgehead atoms. The summed E-state index contributed by atoms with van der Waals surface area (Å²) in [5.74, 6) is 0.639. The number of nitrogens with one attached hydrogen (secondary N) is 1. The van der Waals surface area contributed by atoms with E-state index in [-0.39, 0.29) is 5.91 Å². The molecule has 4 nitrogen and oxygen atoms in total. The van der Waals surface area contributed by atoms with Crippen molar-refractivity contribution in [3.05, 3.63) is 60.2 Å². The molecule has 1 fully saturated rings. The monoisotopic (exact) mass is 298 g/mol. The van der Waals surface area contributed by atoms with Gasteiger partial charge in [-0.3, -0.25) is 4.79 Å². The maximum atomic E-state index is 12.3. The average molecular weight is 298 g/mol. The molecule has 1 saturated heterocycles. The number of rotatable bonds is 3. The molecule has 1 amide bonds. The number of carbonyl (C=O) groups is 1. The van der Waals surface area contributed by atoms with Crippen LogP contribution in [0.15, 0.2) is 54.6 Å². The molecule has 0 radical (unpaired) electrons. The quantitative estimate of drug-likeness (QED) is 0.885. The van der Waals surface area contributed by atoms with E-state index in [1.165, 1.54) is 0 Å². The van der Waals surface area contributed by atoms with Crippen LogP contribution in [0.3, 0.4) is 0 Å². The minimum atomic E-state index is -0.453. The molecule has 2 aromatic carbocycles. The Morgan fingerprint density at radius 3 is 2.38 bits per heavy atom. The van der Waals surface area contributed by atoms with E-state index in [1.807, 2.05) is 59.5 Å². The number of para-hydroxylation sites is 1. The highest BCUT2D eigenvalue weighted by molar-refractivity contribution is 7.80. The summed E-state index contributed by atoms with van der Waals surface area (Å²) in [6, 6.07) is 16.6. The minimum absolute atomic E-state index is 0.117. The number of amides is 1. The fourth-order valence-corrected chi connectivity index (χ4v) is 2.72. The standard InChI is InChI=1S/C16H14N2O2S/c1-20-13-9-7-11(8-10-13)14-15(19)17-16(21)18(14)12-5-3-2-4-6-12/h2-10,14H,1H3,(H,17,19,21). The van der Waals surface area contributed by atoms with Crippen LogP contribution in [0.25, 0.3) is 0 Å². The smallest absolute Gasteiger partial charge is 0.253 e. The number of carbonyl (C=O) groups excluding carboxylic acids is 1. The summed E-state index contributed by atoms with van der Waals surface area (Å²) >= 11 is 5.29. The predicted octanol–water partition coefficient (Wildman–Crippen LogP) is 2.66. The van der Waals surface area contributed by atoms with Crippen molar-refractivity contribution >= 4 is 28.9 Å². The molecule has 1 aliphatic rings. The molecular formula is C16H14N2O2S. The van der Waals surface area contributed by atoms with E-state index in [2.05, 4.69) is 5.32 Å². The van der Waals surface area contributed by atoms with Gasteiger partial charge in [0.2, 0.25) is 0 Å². The van der Waals surface area contributed by atoms with Gasteiger partial charge in [0, 0.05) is 5.69 Å². The number of anilines is 1. The molecule has 0 spiro atoms. The van der Waals surface area contributed by atoms with Crippen LogP contribution in [0.2, 0.25) is 0 Å². The van der Waals surface area contributed by atoms with Crippen molar-refractivity contribution in [2.45, 2.75) is 6.04 Å². The number of hydrogen-bond acceptors (Lipinski definition) is 3. The maximum absolute atomic E-state index is 12.3. The van der Waals surface area contributed by atoms with Crippen LogP contribution in [0.5, 0.6) is 5.75 Å². The molecule has 1 heterocycles. The topological polar surface area (TPSA) is 41.6 Å². The Hall–Kier alpha value is -2.40. The summed E-state index contributed by atoms with van der Waals surface area (Å²) in [4.78, 5) is 14.1. The molecule has 1 unspecified atom stereocenters. The number of thiocarbonyl (C=S) groups is 1. The Morgan fingerprint density at radius 2 is 1.76 bits per heavy atom. The van der Waals surface area contributed by atoms with Gasteiger partial charge in [-0.15, -0.1) is 0 Å². The van der Waals surface area contributed by atoms with Crippen LogP contribution >= 0.6 is 12.2 Å². The summed E-state index contributed by atoms with van der Waals surface area (Å²) < 4.78 is 5.15. The van der Waals surface area contributed by atoms with Gasteiger partial charge in [0.25, 0.3) is 5.91 Å². The van der Waals surface area contributed by atoms with Gasteiger partial charge in [-0.05, 0) is 42.0 Å². The van der Waals surface area contributed by atoms with Crippen LogP contribution in [0.4, 0.5) is 5.69 Å². The number of methoxy groups -OCH3 is 1. The van der Waals surface area contributed by atoms with E-state index in [0.29, 0.717) is 5.11 Å². The Kier molecular flexibility index (Phi) is 3.58. The van der Waals surface area contributed by atoms with Gasteiger partial charge in [0.1, 0.15) is 11.8 Å². The number of ether oxygens (including phenoxy) is 1. The summed E-state index contributed by atoms with van der Waals surface area (Å²) in [5, 5.41) is 3.15. The van der Waals surface area contributed by atoms with Gasteiger partial charge < -0.3 is 15.0 Å². The van der Waals surface area contributed by atoms with E-state index in [4.69, 9.17) is 17.0 Å². The average Bonchev–Trinajstić information content (AvgIpc) is 2.82. The molecule has 0 aromatic heterocycles. The number of hydrogen-bond donors (Lipinski definition) is 1. The minimum Gasteiger partial charge on any atom is -0.497 e. The van der Waals surface area contributed by atoms with Gasteiger partial charge in [-0.1, -0.05) is 30.3 Å². The second kappa shape index (κ2) is 5.54. The van der Waals surface area contributed by atoms with E-state index in [0.717, 1.165) is 17.0 Å². The van der Waals surface area contributed by atoms with Gasteiger partial charge in [0.15, 0.2) is 5.11 Å². The van der Waals surface area contributed by atoms with Crippen molar-refractivity contribution in [3.63, 3.8) is 0 Å². The van der Waals surface area contributed by atoms with Crippen molar-refractivity contribution in [1.29, 1.82) is 0 Å². The van der Waals surface area contributed by atoms with Crippen LogP contribution in [-0.4, -0.2) is 18.1 Å². The first-order valence-electron chi connectivity index (χ1n) is 6.54. The highest BCUT2D eigenvalue weighted by Gasteiger charge is 2.37. The first-order valence-corrected chi connectivity index (χ1v) is 6.94. The first kappa shape index (κ1) is 13.6. The lowest BCUT2D eigenvalue weighted by Crippen LogP contribution is -2.29. The number of benzene rings is 2. The van der Waals surface area contributed by atoms with Crippen molar-refractivity contribution < 1.29 is 9.53 Å². The molecule has 0 saturated carbocycles. The zero-order valence-corrected chi connectivity index (χ0v) is 12.3. The molecule has 106 valence electrons. The van der Waals surface area contributed by atoms with Gasteiger partial charge in [0.05, 0.1) is 7.11 Å².